The van der Waals surface area contributed by atoms with Gasteiger partial charge in [0.2, 0.25) is 11.8 Å². The maximum absolute atomic E-state index is 12.2. The van der Waals surface area contributed by atoms with E-state index in [9.17, 15) is 9.59 Å². The molecule has 1 aromatic carbocycles. The van der Waals surface area contributed by atoms with E-state index in [2.05, 4.69) is 10.2 Å². The average molecular weight is 335 g/mol. The molecule has 0 aliphatic carbocycles. The average Bonchev–Trinajstić information content (AvgIpc) is 2.58. The summed E-state index contributed by atoms with van der Waals surface area (Å²) in [7, 11) is 0. The van der Waals surface area contributed by atoms with E-state index in [1.54, 1.807) is 4.90 Å². The van der Waals surface area contributed by atoms with Gasteiger partial charge in [0.1, 0.15) is 6.54 Å². The Bertz CT molecular complexity index is 575. The largest absolute Gasteiger partial charge is 0.379 e. The summed E-state index contributed by atoms with van der Waals surface area (Å²) in [5.74, 6) is 0.253. The second-order valence-corrected chi connectivity index (χ2v) is 6.56. The number of carbonyl (C=O) groups is 2. The van der Waals surface area contributed by atoms with Crippen LogP contribution in [0.5, 0.6) is 0 Å². The Morgan fingerprint density at radius 2 is 2.04 bits per heavy atom. The molecule has 7 heteroatoms. The second-order valence-electron chi connectivity index (χ2n) is 5.54. The third kappa shape index (κ3) is 4.25. The molecule has 23 heavy (non-hydrogen) atoms. The highest BCUT2D eigenvalue weighted by Gasteiger charge is 2.26. The van der Waals surface area contributed by atoms with Crippen molar-refractivity contribution >= 4 is 29.3 Å². The maximum atomic E-state index is 12.2. The molecule has 1 saturated heterocycles. The third-order valence-electron chi connectivity index (χ3n) is 3.96. The zero-order chi connectivity index (χ0) is 16.1. The minimum Gasteiger partial charge on any atom is -0.379 e. The van der Waals surface area contributed by atoms with E-state index in [4.69, 9.17) is 4.74 Å². The maximum Gasteiger partial charge on any atom is 0.240 e. The molecule has 2 aliphatic rings. The van der Waals surface area contributed by atoms with Crippen molar-refractivity contribution in [2.75, 3.05) is 56.6 Å². The number of ether oxygens (including phenoxy) is 1. The zero-order valence-electron chi connectivity index (χ0n) is 13.0. The van der Waals surface area contributed by atoms with E-state index in [1.807, 2.05) is 24.3 Å². The number of anilines is 1. The monoisotopic (exact) mass is 335 g/mol. The SMILES string of the molecule is O=C(CN1C(=O)CSc2ccccc21)NCCN1CCOCC1. The lowest BCUT2D eigenvalue weighted by Crippen LogP contribution is -2.46. The van der Waals surface area contributed by atoms with Crippen LogP contribution in [0.4, 0.5) is 5.69 Å². The summed E-state index contributed by atoms with van der Waals surface area (Å²) < 4.78 is 5.30. The molecule has 1 fully saturated rings. The molecule has 0 bridgehead atoms. The first kappa shape index (κ1) is 16.3. The molecule has 124 valence electrons. The quantitative estimate of drug-likeness (QED) is 0.853. The van der Waals surface area contributed by atoms with Gasteiger partial charge >= 0.3 is 0 Å². The number of thioether (sulfide) groups is 1. The van der Waals surface area contributed by atoms with Crippen molar-refractivity contribution in [1.82, 2.24) is 10.2 Å². The van der Waals surface area contributed by atoms with Gasteiger partial charge < -0.3 is 15.0 Å². The van der Waals surface area contributed by atoms with Gasteiger partial charge in [-0.2, -0.15) is 0 Å². The molecule has 0 atom stereocenters. The van der Waals surface area contributed by atoms with Crippen molar-refractivity contribution in [3.05, 3.63) is 24.3 Å². The van der Waals surface area contributed by atoms with Gasteiger partial charge in [-0.15, -0.1) is 11.8 Å². The van der Waals surface area contributed by atoms with Gasteiger partial charge in [0.05, 0.1) is 24.7 Å². The fourth-order valence-corrected chi connectivity index (χ4v) is 3.64. The van der Waals surface area contributed by atoms with Crippen LogP contribution in [0.15, 0.2) is 29.2 Å². The van der Waals surface area contributed by atoms with E-state index in [-0.39, 0.29) is 18.4 Å². The van der Waals surface area contributed by atoms with Crippen molar-refractivity contribution in [2.24, 2.45) is 0 Å². The molecule has 1 aromatic rings. The molecule has 0 radical (unpaired) electrons. The van der Waals surface area contributed by atoms with Crippen molar-refractivity contribution in [3.63, 3.8) is 0 Å². The van der Waals surface area contributed by atoms with Crippen LogP contribution in [0.2, 0.25) is 0 Å². The number of hydrogen-bond donors (Lipinski definition) is 1. The topological polar surface area (TPSA) is 61.9 Å². The predicted octanol–water partition coefficient (Wildman–Crippen LogP) is 0.574. The highest BCUT2D eigenvalue weighted by atomic mass is 32.2. The second kappa shape index (κ2) is 7.81. The standard InChI is InChI=1S/C16H21N3O3S/c20-15(17-5-6-18-7-9-22-10-8-18)11-19-13-3-1-2-4-14(13)23-12-16(19)21/h1-4H,5-12H2,(H,17,20). The number of morpholine rings is 1. The van der Waals surface area contributed by atoms with Crippen LogP contribution in [0.1, 0.15) is 0 Å². The Balaban J connectivity index is 1.50. The summed E-state index contributed by atoms with van der Waals surface area (Å²) in [6.45, 7) is 4.82. The van der Waals surface area contributed by atoms with Gasteiger partial charge in [-0.1, -0.05) is 12.1 Å². The number of nitrogens with one attached hydrogen (secondary N) is 1. The Hall–Kier alpha value is -1.57. The molecule has 6 nitrogen and oxygen atoms in total. The number of rotatable bonds is 5. The fraction of sp³-hybridized carbons (Fsp3) is 0.500. The van der Waals surface area contributed by atoms with Gasteiger partial charge in [0, 0.05) is 31.1 Å². The van der Waals surface area contributed by atoms with Crippen LogP contribution in [0, 0.1) is 0 Å². The van der Waals surface area contributed by atoms with Crippen molar-refractivity contribution < 1.29 is 14.3 Å². The summed E-state index contributed by atoms with van der Waals surface area (Å²) in [5.41, 5.74) is 0.831. The molecule has 0 saturated carbocycles. The number of benzene rings is 1. The Morgan fingerprint density at radius 1 is 1.26 bits per heavy atom. The molecule has 0 aromatic heterocycles. The third-order valence-corrected chi connectivity index (χ3v) is 5.01. The molecule has 3 rings (SSSR count). The van der Waals surface area contributed by atoms with Gasteiger partial charge in [0.15, 0.2) is 0 Å². The molecular weight excluding hydrogens is 314 g/mol. The summed E-state index contributed by atoms with van der Waals surface area (Å²) in [5, 5.41) is 2.91. The lowest BCUT2D eigenvalue weighted by molar-refractivity contribution is -0.123. The number of nitrogens with zero attached hydrogens (tertiary/aromatic N) is 2. The van der Waals surface area contributed by atoms with Crippen LogP contribution >= 0.6 is 11.8 Å². The molecule has 0 spiro atoms. The summed E-state index contributed by atoms with van der Waals surface area (Å²) in [6, 6.07) is 7.71. The normalized spacial score (nSPS) is 18.6. The van der Waals surface area contributed by atoms with Gasteiger partial charge in [0.25, 0.3) is 0 Å². The number of amides is 2. The highest BCUT2D eigenvalue weighted by Crippen LogP contribution is 2.34. The minimum atomic E-state index is -0.117. The van der Waals surface area contributed by atoms with Crippen LogP contribution in [0.3, 0.4) is 0 Å². The van der Waals surface area contributed by atoms with Crippen molar-refractivity contribution in [3.8, 4) is 0 Å². The Morgan fingerprint density at radius 3 is 2.87 bits per heavy atom. The number of carbonyl (C=O) groups excluding carboxylic acids is 2. The first-order valence-corrected chi connectivity index (χ1v) is 8.81. The molecule has 0 unspecified atom stereocenters. The fourth-order valence-electron chi connectivity index (χ4n) is 2.71. The van der Waals surface area contributed by atoms with Crippen LogP contribution in [0.25, 0.3) is 0 Å². The minimum absolute atomic E-state index is 0.0166. The number of hydrogen-bond acceptors (Lipinski definition) is 5. The van der Waals surface area contributed by atoms with E-state index in [0.717, 1.165) is 43.4 Å². The first-order valence-electron chi connectivity index (χ1n) is 7.83. The number of fused-ring (bicyclic) bond motifs is 1. The van der Waals surface area contributed by atoms with Crippen LogP contribution in [-0.2, 0) is 14.3 Å². The predicted molar refractivity (Wildman–Crippen MR) is 89.8 cm³/mol. The smallest absolute Gasteiger partial charge is 0.240 e. The number of para-hydroxylation sites is 1. The molecule has 2 amide bonds. The lowest BCUT2D eigenvalue weighted by Gasteiger charge is -2.29. The van der Waals surface area contributed by atoms with Gasteiger partial charge in [-0.25, -0.2) is 0 Å². The lowest BCUT2D eigenvalue weighted by atomic mass is 10.2. The molecule has 2 aliphatic heterocycles. The summed E-state index contributed by atoms with van der Waals surface area (Å²) >= 11 is 1.52. The molecular formula is C16H21N3O3S. The Kier molecular flexibility index (Phi) is 5.53. The van der Waals surface area contributed by atoms with Gasteiger partial charge in [-0.05, 0) is 12.1 Å². The van der Waals surface area contributed by atoms with E-state index >= 15 is 0 Å². The van der Waals surface area contributed by atoms with E-state index in [1.165, 1.54) is 11.8 Å². The summed E-state index contributed by atoms with van der Waals surface area (Å²) in [6.07, 6.45) is 0. The molecule has 1 N–H and O–H groups in total. The highest BCUT2D eigenvalue weighted by molar-refractivity contribution is 8.00. The van der Waals surface area contributed by atoms with E-state index in [0.29, 0.717) is 12.3 Å². The van der Waals surface area contributed by atoms with Crippen LogP contribution in [-0.4, -0.2) is 68.4 Å². The van der Waals surface area contributed by atoms with E-state index < -0.39 is 0 Å². The summed E-state index contributed by atoms with van der Waals surface area (Å²) in [4.78, 5) is 29.2. The zero-order valence-corrected chi connectivity index (χ0v) is 13.8. The van der Waals surface area contributed by atoms with Gasteiger partial charge in [-0.3, -0.25) is 14.5 Å². The van der Waals surface area contributed by atoms with Crippen LogP contribution < -0.4 is 10.2 Å². The van der Waals surface area contributed by atoms with Crippen molar-refractivity contribution in [1.29, 1.82) is 0 Å². The van der Waals surface area contributed by atoms with Crippen molar-refractivity contribution in [2.45, 2.75) is 4.90 Å². The molecule has 2 heterocycles. The Labute approximate surface area is 140 Å². The first-order chi connectivity index (χ1) is 11.2.